The summed E-state index contributed by atoms with van der Waals surface area (Å²) in [5.41, 5.74) is 8.54. The molecule has 1 aromatic carbocycles. The molecule has 1 saturated heterocycles. The zero-order valence-corrected chi connectivity index (χ0v) is 13.5. The summed E-state index contributed by atoms with van der Waals surface area (Å²) in [5, 5.41) is 3.54. The quantitative estimate of drug-likeness (QED) is 0.898. The minimum Gasteiger partial charge on any atom is -0.330 e. The Labute approximate surface area is 131 Å². The fourth-order valence-corrected chi connectivity index (χ4v) is 3.31. The lowest BCUT2D eigenvalue weighted by Gasteiger charge is -2.31. The van der Waals surface area contributed by atoms with E-state index < -0.39 is 0 Å². The van der Waals surface area contributed by atoms with Crippen molar-refractivity contribution >= 4 is 23.2 Å². The number of piperidine rings is 1. The monoisotopic (exact) mass is 309 g/mol. The number of benzene rings is 1. The third-order valence-electron chi connectivity index (χ3n) is 4.00. The van der Waals surface area contributed by atoms with E-state index >= 15 is 0 Å². The standard InChI is InChI=1S/C16H24ClN3O/c1-11-6-12(2)16(14(17)7-11)19-15(21)10-20-5-3-4-13(8-18)9-20/h6-7,13H,3-5,8-10,18H2,1-2H3,(H,19,21). The number of carbonyl (C=O) groups excluding carboxylic acids is 1. The predicted octanol–water partition coefficient (Wildman–Crippen LogP) is 2.57. The van der Waals surface area contributed by atoms with E-state index in [0.717, 1.165) is 42.7 Å². The van der Waals surface area contributed by atoms with Crippen molar-refractivity contribution in [1.82, 2.24) is 4.90 Å². The van der Waals surface area contributed by atoms with Gasteiger partial charge in [-0.3, -0.25) is 9.69 Å². The van der Waals surface area contributed by atoms with E-state index in [1.54, 1.807) is 0 Å². The lowest BCUT2D eigenvalue weighted by atomic mass is 9.98. The molecule has 116 valence electrons. The molecule has 21 heavy (non-hydrogen) atoms. The van der Waals surface area contributed by atoms with Gasteiger partial charge >= 0.3 is 0 Å². The summed E-state index contributed by atoms with van der Waals surface area (Å²) in [4.78, 5) is 14.4. The maximum atomic E-state index is 12.2. The number of rotatable bonds is 4. The number of hydrogen-bond acceptors (Lipinski definition) is 3. The Morgan fingerprint density at radius 2 is 2.24 bits per heavy atom. The zero-order valence-electron chi connectivity index (χ0n) is 12.8. The van der Waals surface area contributed by atoms with Crippen molar-refractivity contribution in [3.05, 3.63) is 28.3 Å². The van der Waals surface area contributed by atoms with Crippen molar-refractivity contribution < 1.29 is 4.79 Å². The molecule has 1 aromatic rings. The van der Waals surface area contributed by atoms with Crippen LogP contribution < -0.4 is 11.1 Å². The second-order valence-corrected chi connectivity index (χ2v) is 6.37. The molecule has 1 heterocycles. The molecule has 2 rings (SSSR count). The van der Waals surface area contributed by atoms with Crippen molar-refractivity contribution in [2.45, 2.75) is 26.7 Å². The third kappa shape index (κ3) is 4.43. The third-order valence-corrected chi connectivity index (χ3v) is 4.30. The van der Waals surface area contributed by atoms with Gasteiger partial charge in [0.25, 0.3) is 0 Å². The van der Waals surface area contributed by atoms with Gasteiger partial charge in [-0.25, -0.2) is 0 Å². The highest BCUT2D eigenvalue weighted by Crippen LogP contribution is 2.27. The number of nitrogens with two attached hydrogens (primary N) is 1. The number of amides is 1. The smallest absolute Gasteiger partial charge is 0.238 e. The Bertz CT molecular complexity index is 495. The van der Waals surface area contributed by atoms with Crippen molar-refractivity contribution in [1.29, 1.82) is 0 Å². The van der Waals surface area contributed by atoms with Crippen LogP contribution in [-0.4, -0.2) is 37.0 Å². The number of likely N-dealkylation sites (tertiary alicyclic amines) is 1. The van der Waals surface area contributed by atoms with E-state index in [4.69, 9.17) is 17.3 Å². The molecule has 0 bridgehead atoms. The van der Waals surface area contributed by atoms with E-state index in [9.17, 15) is 4.79 Å². The van der Waals surface area contributed by atoms with E-state index in [-0.39, 0.29) is 5.91 Å². The van der Waals surface area contributed by atoms with Crippen LogP contribution in [-0.2, 0) is 4.79 Å². The first-order chi connectivity index (χ1) is 9.99. The summed E-state index contributed by atoms with van der Waals surface area (Å²) in [6, 6.07) is 3.89. The molecule has 0 aliphatic carbocycles. The normalized spacial score (nSPS) is 19.5. The summed E-state index contributed by atoms with van der Waals surface area (Å²) in [6.07, 6.45) is 2.27. The highest BCUT2D eigenvalue weighted by atomic mass is 35.5. The molecular formula is C16H24ClN3O. The Morgan fingerprint density at radius 3 is 2.90 bits per heavy atom. The highest BCUT2D eigenvalue weighted by molar-refractivity contribution is 6.34. The van der Waals surface area contributed by atoms with Gasteiger partial charge in [-0.1, -0.05) is 17.7 Å². The van der Waals surface area contributed by atoms with Crippen molar-refractivity contribution in [3.8, 4) is 0 Å². The van der Waals surface area contributed by atoms with Gasteiger partial charge in [0.2, 0.25) is 5.91 Å². The van der Waals surface area contributed by atoms with Gasteiger partial charge in [-0.2, -0.15) is 0 Å². The Morgan fingerprint density at radius 1 is 1.48 bits per heavy atom. The van der Waals surface area contributed by atoms with Crippen LogP contribution in [0.3, 0.4) is 0 Å². The summed E-state index contributed by atoms with van der Waals surface area (Å²) >= 11 is 6.22. The summed E-state index contributed by atoms with van der Waals surface area (Å²) in [7, 11) is 0. The summed E-state index contributed by atoms with van der Waals surface area (Å²) in [6.45, 7) is 6.92. The van der Waals surface area contributed by atoms with E-state index in [0.29, 0.717) is 24.0 Å². The van der Waals surface area contributed by atoms with Crippen molar-refractivity contribution in [2.75, 3.05) is 31.5 Å². The Balaban J connectivity index is 1.96. The predicted molar refractivity (Wildman–Crippen MR) is 87.8 cm³/mol. The highest BCUT2D eigenvalue weighted by Gasteiger charge is 2.21. The lowest BCUT2D eigenvalue weighted by Crippen LogP contribution is -2.42. The number of nitrogens with one attached hydrogen (secondary N) is 1. The number of hydrogen-bond donors (Lipinski definition) is 2. The minimum atomic E-state index is -0.0125. The van der Waals surface area contributed by atoms with Gasteiger partial charge in [-0.05, 0) is 62.9 Å². The first-order valence-electron chi connectivity index (χ1n) is 7.48. The van der Waals surface area contributed by atoms with Gasteiger partial charge in [0.05, 0.1) is 17.3 Å². The maximum Gasteiger partial charge on any atom is 0.238 e. The largest absolute Gasteiger partial charge is 0.330 e. The molecule has 1 unspecified atom stereocenters. The molecule has 5 heteroatoms. The molecule has 4 nitrogen and oxygen atoms in total. The lowest BCUT2D eigenvalue weighted by molar-refractivity contribution is -0.117. The average Bonchev–Trinajstić information content (AvgIpc) is 2.43. The molecule has 1 aliphatic heterocycles. The maximum absolute atomic E-state index is 12.2. The van der Waals surface area contributed by atoms with Crippen LogP contribution in [0, 0.1) is 19.8 Å². The van der Waals surface area contributed by atoms with Gasteiger partial charge in [0.15, 0.2) is 0 Å². The first-order valence-corrected chi connectivity index (χ1v) is 7.86. The Hall–Kier alpha value is -1.10. The average molecular weight is 310 g/mol. The van der Waals surface area contributed by atoms with E-state index in [1.165, 1.54) is 0 Å². The SMILES string of the molecule is Cc1cc(C)c(NC(=O)CN2CCCC(CN)C2)c(Cl)c1. The molecule has 1 atom stereocenters. The second kappa shape index (κ2) is 7.25. The number of nitrogens with zero attached hydrogens (tertiary/aromatic N) is 1. The molecule has 1 aliphatic rings. The summed E-state index contributed by atoms with van der Waals surface area (Å²) in [5.74, 6) is 0.498. The fourth-order valence-electron chi connectivity index (χ4n) is 2.94. The van der Waals surface area contributed by atoms with Crippen LogP contribution in [0.25, 0.3) is 0 Å². The minimum absolute atomic E-state index is 0.0125. The van der Waals surface area contributed by atoms with Crippen molar-refractivity contribution in [2.24, 2.45) is 11.7 Å². The fraction of sp³-hybridized carbons (Fsp3) is 0.562. The van der Waals surface area contributed by atoms with Crippen LogP contribution in [0.2, 0.25) is 5.02 Å². The van der Waals surface area contributed by atoms with Gasteiger partial charge < -0.3 is 11.1 Å². The first kappa shape index (κ1) is 16.3. The van der Waals surface area contributed by atoms with Crippen LogP contribution in [0.15, 0.2) is 12.1 Å². The van der Waals surface area contributed by atoms with Gasteiger partial charge in [-0.15, -0.1) is 0 Å². The zero-order chi connectivity index (χ0) is 15.4. The molecule has 0 radical (unpaired) electrons. The Kier molecular flexibility index (Phi) is 5.62. The number of carbonyl (C=O) groups is 1. The van der Waals surface area contributed by atoms with Gasteiger partial charge in [0.1, 0.15) is 0 Å². The van der Waals surface area contributed by atoms with Crippen LogP contribution in [0.4, 0.5) is 5.69 Å². The van der Waals surface area contributed by atoms with Gasteiger partial charge in [0, 0.05) is 6.54 Å². The molecule has 0 aromatic heterocycles. The van der Waals surface area contributed by atoms with E-state index in [2.05, 4.69) is 10.2 Å². The summed E-state index contributed by atoms with van der Waals surface area (Å²) < 4.78 is 0. The molecule has 0 saturated carbocycles. The molecular weight excluding hydrogens is 286 g/mol. The van der Waals surface area contributed by atoms with Crippen LogP contribution in [0.5, 0.6) is 0 Å². The molecule has 0 spiro atoms. The van der Waals surface area contributed by atoms with Crippen LogP contribution >= 0.6 is 11.6 Å². The van der Waals surface area contributed by atoms with E-state index in [1.807, 2.05) is 26.0 Å². The number of anilines is 1. The molecule has 3 N–H and O–H groups in total. The molecule has 1 fully saturated rings. The molecule has 1 amide bonds. The second-order valence-electron chi connectivity index (χ2n) is 5.97. The number of halogens is 1. The van der Waals surface area contributed by atoms with Crippen molar-refractivity contribution in [3.63, 3.8) is 0 Å². The number of aryl methyl sites for hydroxylation is 2. The van der Waals surface area contributed by atoms with Crippen LogP contribution in [0.1, 0.15) is 24.0 Å². The topological polar surface area (TPSA) is 58.4 Å².